The summed E-state index contributed by atoms with van der Waals surface area (Å²) in [6.45, 7) is 6.20. The second-order valence-electron chi connectivity index (χ2n) is 9.25. The lowest BCUT2D eigenvalue weighted by atomic mass is 10.0. The van der Waals surface area contributed by atoms with Gasteiger partial charge >= 0.3 is 0 Å². The van der Waals surface area contributed by atoms with E-state index in [1.807, 2.05) is 12.1 Å². The number of hydrogen-bond donors (Lipinski definition) is 1. The molecule has 31 heavy (non-hydrogen) atoms. The maximum absolute atomic E-state index is 13.5. The Labute approximate surface area is 183 Å². The van der Waals surface area contributed by atoms with Gasteiger partial charge in [0, 0.05) is 31.2 Å². The number of fused-ring (bicyclic) bond motifs is 2. The van der Waals surface area contributed by atoms with Gasteiger partial charge in [-0.05, 0) is 75.6 Å². The molecule has 2 aliphatic heterocycles. The van der Waals surface area contributed by atoms with Crippen molar-refractivity contribution in [3.05, 3.63) is 56.8 Å². The molecular weight excluding hydrogens is 412 g/mol. The highest BCUT2D eigenvalue weighted by molar-refractivity contribution is 7.89. The van der Waals surface area contributed by atoms with E-state index in [1.165, 1.54) is 9.87 Å². The fourth-order valence-corrected chi connectivity index (χ4v) is 6.93. The molecule has 0 amide bonds. The van der Waals surface area contributed by atoms with E-state index in [0.29, 0.717) is 42.7 Å². The van der Waals surface area contributed by atoms with Crippen LogP contribution in [0.3, 0.4) is 0 Å². The standard InChI is InChI=1S/C23H30N4O3S/c1-15(2)26-12-10-19-20(14-26)24-22(25-23(19)28)21-7-4-11-27(21)31(29,30)18-9-8-16-5-3-6-17(16)13-18/h8-9,13,15,21H,3-7,10-12,14H2,1-2H3,(H,24,25,28)/t21-/m1/s1. The first kappa shape index (κ1) is 20.8. The Bertz CT molecular complexity index is 1170. The summed E-state index contributed by atoms with van der Waals surface area (Å²) < 4.78 is 28.6. The molecule has 3 aliphatic rings. The molecule has 3 heterocycles. The second-order valence-corrected chi connectivity index (χ2v) is 11.1. The molecule has 1 saturated heterocycles. The highest BCUT2D eigenvalue weighted by Crippen LogP contribution is 2.36. The Morgan fingerprint density at radius 2 is 1.90 bits per heavy atom. The van der Waals surface area contributed by atoms with Crippen LogP contribution in [0.5, 0.6) is 0 Å². The maximum atomic E-state index is 13.5. The van der Waals surface area contributed by atoms with Gasteiger partial charge in [-0.3, -0.25) is 9.69 Å². The number of nitrogens with zero attached hydrogens (tertiary/aromatic N) is 3. The Morgan fingerprint density at radius 3 is 2.71 bits per heavy atom. The SMILES string of the molecule is CC(C)N1CCc2c(nc([C@H]3CCCN3S(=O)(=O)c3ccc4c(c3)CCC4)[nH]c2=O)C1. The minimum Gasteiger partial charge on any atom is -0.309 e. The average Bonchev–Trinajstić information content (AvgIpc) is 3.42. The molecule has 7 nitrogen and oxygen atoms in total. The fourth-order valence-electron chi connectivity index (χ4n) is 5.22. The second kappa shape index (κ2) is 7.83. The van der Waals surface area contributed by atoms with Crippen LogP contribution >= 0.6 is 0 Å². The van der Waals surface area contributed by atoms with Gasteiger partial charge in [0.25, 0.3) is 5.56 Å². The molecule has 0 bridgehead atoms. The van der Waals surface area contributed by atoms with Crippen LogP contribution in [0, 0.1) is 0 Å². The lowest BCUT2D eigenvalue weighted by Crippen LogP contribution is -2.40. The molecule has 0 radical (unpaired) electrons. The Hall–Kier alpha value is -2.03. The van der Waals surface area contributed by atoms with E-state index in [4.69, 9.17) is 4.98 Å². The van der Waals surface area contributed by atoms with E-state index in [1.54, 1.807) is 6.07 Å². The molecule has 1 fully saturated rings. The molecule has 1 aromatic carbocycles. The predicted molar refractivity (Wildman–Crippen MR) is 118 cm³/mol. The number of nitrogens with one attached hydrogen (secondary N) is 1. The van der Waals surface area contributed by atoms with Crippen LogP contribution in [0.1, 0.15) is 67.4 Å². The first-order valence-electron chi connectivity index (χ1n) is 11.3. The van der Waals surface area contributed by atoms with Crippen molar-refractivity contribution < 1.29 is 8.42 Å². The number of sulfonamides is 1. The van der Waals surface area contributed by atoms with Crippen LogP contribution in [0.25, 0.3) is 0 Å². The van der Waals surface area contributed by atoms with Crippen LogP contribution in [-0.2, 0) is 35.8 Å². The molecule has 5 rings (SSSR count). The smallest absolute Gasteiger partial charge is 0.254 e. The lowest BCUT2D eigenvalue weighted by Gasteiger charge is -2.31. The van der Waals surface area contributed by atoms with Gasteiger partial charge in [0.2, 0.25) is 10.0 Å². The maximum Gasteiger partial charge on any atom is 0.254 e. The lowest BCUT2D eigenvalue weighted by molar-refractivity contribution is 0.198. The van der Waals surface area contributed by atoms with Crippen molar-refractivity contribution in [2.75, 3.05) is 13.1 Å². The van der Waals surface area contributed by atoms with Crippen molar-refractivity contribution in [3.63, 3.8) is 0 Å². The Morgan fingerprint density at radius 1 is 1.10 bits per heavy atom. The van der Waals surface area contributed by atoms with Gasteiger partial charge in [-0.2, -0.15) is 4.31 Å². The summed E-state index contributed by atoms with van der Waals surface area (Å²) in [5.74, 6) is 0.483. The van der Waals surface area contributed by atoms with Gasteiger partial charge in [-0.25, -0.2) is 13.4 Å². The van der Waals surface area contributed by atoms with Crippen molar-refractivity contribution in [1.29, 1.82) is 0 Å². The largest absolute Gasteiger partial charge is 0.309 e. The number of rotatable bonds is 4. The zero-order valence-electron chi connectivity index (χ0n) is 18.2. The number of aromatic amines is 1. The Balaban J connectivity index is 1.49. The molecule has 1 N–H and O–H groups in total. The average molecular weight is 443 g/mol. The van der Waals surface area contributed by atoms with E-state index < -0.39 is 16.1 Å². The molecule has 1 aromatic heterocycles. The van der Waals surface area contributed by atoms with Gasteiger partial charge < -0.3 is 4.98 Å². The highest BCUT2D eigenvalue weighted by atomic mass is 32.2. The van der Waals surface area contributed by atoms with Crippen LogP contribution in [0.4, 0.5) is 0 Å². The Kier molecular flexibility index (Phi) is 5.27. The van der Waals surface area contributed by atoms with E-state index in [9.17, 15) is 13.2 Å². The molecule has 0 unspecified atom stereocenters. The number of hydrogen-bond acceptors (Lipinski definition) is 5. The summed E-state index contributed by atoms with van der Waals surface area (Å²) in [6.07, 6.45) is 5.15. The summed E-state index contributed by atoms with van der Waals surface area (Å²) in [4.78, 5) is 23.2. The summed E-state index contributed by atoms with van der Waals surface area (Å²) >= 11 is 0. The summed E-state index contributed by atoms with van der Waals surface area (Å²) in [7, 11) is -3.66. The van der Waals surface area contributed by atoms with Crippen molar-refractivity contribution >= 4 is 10.0 Å². The normalized spacial score (nSPS) is 22.1. The minimum absolute atomic E-state index is 0.120. The fraction of sp³-hybridized carbons (Fsp3) is 0.565. The molecule has 2 aromatic rings. The molecule has 0 spiro atoms. The third-order valence-electron chi connectivity index (χ3n) is 7.05. The number of aromatic nitrogens is 2. The number of benzene rings is 1. The summed E-state index contributed by atoms with van der Waals surface area (Å²) in [5.41, 5.74) is 3.82. The third-order valence-corrected chi connectivity index (χ3v) is 8.95. The van der Waals surface area contributed by atoms with Crippen LogP contribution in [-0.4, -0.2) is 46.7 Å². The monoisotopic (exact) mass is 442 g/mol. The quantitative estimate of drug-likeness (QED) is 0.786. The zero-order valence-corrected chi connectivity index (χ0v) is 19.0. The molecule has 8 heteroatoms. The topological polar surface area (TPSA) is 86.4 Å². The van der Waals surface area contributed by atoms with E-state index in [0.717, 1.165) is 49.0 Å². The first-order valence-corrected chi connectivity index (χ1v) is 12.8. The zero-order chi connectivity index (χ0) is 21.8. The van der Waals surface area contributed by atoms with Crippen LogP contribution < -0.4 is 5.56 Å². The van der Waals surface area contributed by atoms with Gasteiger partial charge in [0.15, 0.2) is 0 Å². The molecular formula is C23H30N4O3S. The van der Waals surface area contributed by atoms with Gasteiger partial charge in [0.05, 0.1) is 16.6 Å². The van der Waals surface area contributed by atoms with Gasteiger partial charge in [-0.15, -0.1) is 0 Å². The van der Waals surface area contributed by atoms with Gasteiger partial charge in [0.1, 0.15) is 5.82 Å². The van der Waals surface area contributed by atoms with E-state index in [-0.39, 0.29) is 5.56 Å². The van der Waals surface area contributed by atoms with Crippen LogP contribution in [0.15, 0.2) is 27.9 Å². The highest BCUT2D eigenvalue weighted by Gasteiger charge is 2.38. The summed E-state index contributed by atoms with van der Waals surface area (Å²) in [6, 6.07) is 5.49. The van der Waals surface area contributed by atoms with E-state index >= 15 is 0 Å². The minimum atomic E-state index is -3.66. The molecule has 1 aliphatic carbocycles. The number of H-pyrrole nitrogens is 1. The molecule has 166 valence electrons. The molecule has 1 atom stereocenters. The third kappa shape index (κ3) is 3.64. The first-order chi connectivity index (χ1) is 14.8. The molecule has 0 saturated carbocycles. The predicted octanol–water partition coefficient (Wildman–Crippen LogP) is 2.55. The number of aryl methyl sites for hydroxylation is 2. The van der Waals surface area contributed by atoms with Gasteiger partial charge in [-0.1, -0.05) is 6.07 Å². The van der Waals surface area contributed by atoms with Crippen LogP contribution in [0.2, 0.25) is 0 Å². The van der Waals surface area contributed by atoms with Crippen molar-refractivity contribution in [3.8, 4) is 0 Å². The van der Waals surface area contributed by atoms with E-state index in [2.05, 4.69) is 23.7 Å². The van der Waals surface area contributed by atoms with Crippen molar-refractivity contribution in [1.82, 2.24) is 19.2 Å². The summed E-state index contributed by atoms with van der Waals surface area (Å²) in [5, 5.41) is 0. The van der Waals surface area contributed by atoms with Crippen molar-refractivity contribution in [2.45, 2.75) is 75.9 Å². The van der Waals surface area contributed by atoms with Crippen molar-refractivity contribution in [2.24, 2.45) is 0 Å².